The fourth-order valence-electron chi connectivity index (χ4n) is 2.48. The van der Waals surface area contributed by atoms with Crippen molar-refractivity contribution in [1.29, 1.82) is 0 Å². The van der Waals surface area contributed by atoms with E-state index in [9.17, 15) is 9.59 Å². The van der Waals surface area contributed by atoms with Crippen molar-refractivity contribution in [2.24, 2.45) is 5.92 Å². The van der Waals surface area contributed by atoms with Crippen molar-refractivity contribution >= 4 is 11.9 Å². The van der Waals surface area contributed by atoms with Crippen molar-refractivity contribution in [2.45, 2.75) is 58.7 Å². The van der Waals surface area contributed by atoms with Gasteiger partial charge in [-0.1, -0.05) is 13.3 Å². The SMILES string of the molecule is CCC1CCCCC1(OC(C)=O)OC(C)=O. The molecular formula is C12H20O4. The number of carbonyl (C=O) groups is 2. The molecule has 0 spiro atoms. The zero-order valence-electron chi connectivity index (χ0n) is 10.2. The van der Waals surface area contributed by atoms with E-state index in [2.05, 4.69) is 0 Å². The fourth-order valence-corrected chi connectivity index (χ4v) is 2.48. The van der Waals surface area contributed by atoms with Gasteiger partial charge in [0.2, 0.25) is 0 Å². The smallest absolute Gasteiger partial charge is 0.305 e. The van der Waals surface area contributed by atoms with Crippen LogP contribution in [0.4, 0.5) is 0 Å². The minimum absolute atomic E-state index is 0.119. The lowest BCUT2D eigenvalue weighted by molar-refractivity contribution is -0.256. The first kappa shape index (κ1) is 13.0. The Morgan fingerprint density at radius 2 is 1.75 bits per heavy atom. The number of hydrogen-bond acceptors (Lipinski definition) is 4. The lowest BCUT2D eigenvalue weighted by atomic mass is 9.81. The summed E-state index contributed by atoms with van der Waals surface area (Å²) in [6.45, 7) is 4.73. The summed E-state index contributed by atoms with van der Waals surface area (Å²) in [4.78, 5) is 22.3. The van der Waals surface area contributed by atoms with Crippen molar-refractivity contribution < 1.29 is 19.1 Å². The van der Waals surface area contributed by atoms with Gasteiger partial charge in [0.15, 0.2) is 0 Å². The van der Waals surface area contributed by atoms with E-state index in [-0.39, 0.29) is 17.9 Å². The van der Waals surface area contributed by atoms with E-state index in [1.165, 1.54) is 13.8 Å². The van der Waals surface area contributed by atoms with Crippen LogP contribution in [0.2, 0.25) is 0 Å². The van der Waals surface area contributed by atoms with Crippen molar-refractivity contribution in [2.75, 3.05) is 0 Å². The molecule has 1 atom stereocenters. The van der Waals surface area contributed by atoms with Crippen LogP contribution < -0.4 is 0 Å². The zero-order valence-corrected chi connectivity index (χ0v) is 10.2. The summed E-state index contributed by atoms with van der Waals surface area (Å²) >= 11 is 0. The molecular weight excluding hydrogens is 208 g/mol. The van der Waals surface area contributed by atoms with Gasteiger partial charge in [0.1, 0.15) is 0 Å². The predicted octanol–water partition coefficient (Wildman–Crippen LogP) is 2.41. The average molecular weight is 228 g/mol. The van der Waals surface area contributed by atoms with Crippen molar-refractivity contribution in [3.63, 3.8) is 0 Å². The van der Waals surface area contributed by atoms with Crippen LogP contribution in [-0.4, -0.2) is 17.7 Å². The molecule has 0 saturated heterocycles. The molecule has 92 valence electrons. The Hall–Kier alpha value is -1.06. The normalized spacial score (nSPS) is 23.6. The molecule has 0 heterocycles. The largest absolute Gasteiger partial charge is 0.422 e. The topological polar surface area (TPSA) is 52.6 Å². The highest BCUT2D eigenvalue weighted by atomic mass is 16.7. The molecule has 0 aromatic carbocycles. The van der Waals surface area contributed by atoms with E-state index in [1.54, 1.807) is 0 Å². The molecule has 4 heteroatoms. The molecule has 0 aromatic rings. The number of hydrogen-bond donors (Lipinski definition) is 0. The summed E-state index contributed by atoms with van der Waals surface area (Å²) in [6.07, 6.45) is 4.43. The second-order valence-electron chi connectivity index (χ2n) is 4.35. The van der Waals surface area contributed by atoms with Gasteiger partial charge in [0.25, 0.3) is 5.79 Å². The summed E-state index contributed by atoms with van der Waals surface area (Å²) in [5.41, 5.74) is 0. The summed E-state index contributed by atoms with van der Waals surface area (Å²) in [5.74, 6) is -1.66. The minimum Gasteiger partial charge on any atom is -0.422 e. The van der Waals surface area contributed by atoms with Crippen LogP contribution in [0, 0.1) is 5.92 Å². The van der Waals surface area contributed by atoms with E-state index in [4.69, 9.17) is 9.47 Å². The Labute approximate surface area is 96.3 Å². The van der Waals surface area contributed by atoms with E-state index in [0.717, 1.165) is 25.7 Å². The summed E-state index contributed by atoms with van der Waals surface area (Å²) in [6, 6.07) is 0. The Balaban J connectivity index is 2.88. The average Bonchev–Trinajstić information content (AvgIpc) is 2.15. The molecule has 16 heavy (non-hydrogen) atoms. The van der Waals surface area contributed by atoms with E-state index < -0.39 is 5.79 Å². The molecule has 0 bridgehead atoms. The van der Waals surface area contributed by atoms with Gasteiger partial charge >= 0.3 is 11.9 Å². The molecule has 0 radical (unpaired) electrons. The van der Waals surface area contributed by atoms with Crippen LogP contribution in [0.1, 0.15) is 52.9 Å². The third kappa shape index (κ3) is 2.97. The molecule has 1 fully saturated rings. The van der Waals surface area contributed by atoms with Crippen LogP contribution in [-0.2, 0) is 19.1 Å². The number of ether oxygens (including phenoxy) is 2. The summed E-state index contributed by atoms with van der Waals surface area (Å²) in [7, 11) is 0. The molecule has 0 amide bonds. The molecule has 0 aromatic heterocycles. The van der Waals surface area contributed by atoms with Crippen LogP contribution in [0.15, 0.2) is 0 Å². The van der Waals surface area contributed by atoms with Crippen LogP contribution in [0.5, 0.6) is 0 Å². The van der Waals surface area contributed by atoms with Gasteiger partial charge in [-0.05, 0) is 19.3 Å². The molecule has 1 aliphatic carbocycles. The lowest BCUT2D eigenvalue weighted by Gasteiger charge is -2.41. The zero-order chi connectivity index (χ0) is 12.2. The molecule has 4 nitrogen and oxygen atoms in total. The fraction of sp³-hybridized carbons (Fsp3) is 0.833. The molecule has 0 aliphatic heterocycles. The monoisotopic (exact) mass is 228 g/mol. The van der Waals surface area contributed by atoms with Crippen molar-refractivity contribution in [1.82, 2.24) is 0 Å². The van der Waals surface area contributed by atoms with E-state index in [1.807, 2.05) is 6.92 Å². The number of esters is 2. The van der Waals surface area contributed by atoms with Crippen LogP contribution in [0.25, 0.3) is 0 Å². The number of carbonyl (C=O) groups excluding carboxylic acids is 2. The van der Waals surface area contributed by atoms with Gasteiger partial charge in [-0.2, -0.15) is 0 Å². The van der Waals surface area contributed by atoms with E-state index in [0.29, 0.717) is 6.42 Å². The number of rotatable bonds is 3. The van der Waals surface area contributed by atoms with Crippen molar-refractivity contribution in [3.05, 3.63) is 0 Å². The third-order valence-corrected chi connectivity index (χ3v) is 3.08. The highest BCUT2D eigenvalue weighted by Gasteiger charge is 2.46. The third-order valence-electron chi connectivity index (χ3n) is 3.08. The van der Waals surface area contributed by atoms with E-state index >= 15 is 0 Å². The molecule has 1 aliphatic rings. The molecule has 1 rings (SSSR count). The lowest BCUT2D eigenvalue weighted by Crippen LogP contribution is -2.47. The summed E-state index contributed by atoms with van der Waals surface area (Å²) < 4.78 is 10.6. The Morgan fingerprint density at radius 3 is 2.19 bits per heavy atom. The molecule has 1 unspecified atom stereocenters. The van der Waals surface area contributed by atoms with Crippen molar-refractivity contribution in [3.8, 4) is 0 Å². The van der Waals surface area contributed by atoms with Gasteiger partial charge in [0, 0.05) is 26.2 Å². The predicted molar refractivity (Wildman–Crippen MR) is 58.5 cm³/mol. The van der Waals surface area contributed by atoms with Crippen LogP contribution >= 0.6 is 0 Å². The second kappa shape index (κ2) is 5.32. The first-order valence-corrected chi connectivity index (χ1v) is 5.89. The quantitative estimate of drug-likeness (QED) is 0.550. The standard InChI is InChI=1S/C12H20O4/c1-4-11-7-5-6-8-12(11,15-9(2)13)16-10(3)14/h11H,4-8H2,1-3H3. The minimum atomic E-state index is -1.01. The molecule has 1 saturated carbocycles. The Morgan fingerprint density at radius 1 is 1.19 bits per heavy atom. The second-order valence-corrected chi connectivity index (χ2v) is 4.35. The van der Waals surface area contributed by atoms with Gasteiger partial charge in [-0.25, -0.2) is 0 Å². The maximum absolute atomic E-state index is 11.1. The van der Waals surface area contributed by atoms with Gasteiger partial charge < -0.3 is 9.47 Å². The van der Waals surface area contributed by atoms with Crippen LogP contribution in [0.3, 0.4) is 0 Å². The Bertz CT molecular complexity index is 256. The highest BCUT2D eigenvalue weighted by molar-refractivity contribution is 5.69. The first-order chi connectivity index (χ1) is 7.50. The summed E-state index contributed by atoms with van der Waals surface area (Å²) in [5, 5.41) is 0. The Kier molecular flexibility index (Phi) is 4.33. The highest BCUT2D eigenvalue weighted by Crippen LogP contribution is 2.40. The first-order valence-electron chi connectivity index (χ1n) is 5.89. The molecule has 0 N–H and O–H groups in total. The van der Waals surface area contributed by atoms with Gasteiger partial charge in [-0.3, -0.25) is 9.59 Å². The van der Waals surface area contributed by atoms with Gasteiger partial charge in [0.05, 0.1) is 0 Å². The van der Waals surface area contributed by atoms with Gasteiger partial charge in [-0.15, -0.1) is 0 Å². The maximum atomic E-state index is 11.1. The maximum Gasteiger partial charge on any atom is 0.305 e.